The van der Waals surface area contributed by atoms with E-state index < -0.39 is 15.0 Å². The fourth-order valence-electron chi connectivity index (χ4n) is 7.75. The number of nitrogens with zero attached hydrogens (tertiary/aromatic N) is 7. The van der Waals surface area contributed by atoms with Crippen molar-refractivity contribution in [3.8, 4) is 34.4 Å². The largest absolute Gasteiger partial charge is 0.361 e. The van der Waals surface area contributed by atoms with E-state index in [1.165, 1.54) is 35.4 Å². The van der Waals surface area contributed by atoms with Gasteiger partial charge in [-0.3, -0.25) is 14.3 Å². The summed E-state index contributed by atoms with van der Waals surface area (Å²) in [6, 6.07) is 14.8. The highest BCUT2D eigenvalue weighted by molar-refractivity contribution is 6.76. The molecule has 0 radical (unpaired) electrons. The zero-order valence-electron chi connectivity index (χ0n) is 33.9. The fraction of sp³-hybridized carbons (Fsp3) is 0.476. The third-order valence-corrected chi connectivity index (χ3v) is 12.7. The molecule has 1 aromatic carbocycles. The minimum Gasteiger partial charge on any atom is -0.361 e. The van der Waals surface area contributed by atoms with Crippen LogP contribution in [0, 0.1) is 17.2 Å². The fourth-order valence-corrected chi connectivity index (χ4v) is 8.51. The molecule has 9 nitrogen and oxygen atoms in total. The molecule has 1 saturated heterocycles. The maximum atomic E-state index is 15.1. The second-order valence-electron chi connectivity index (χ2n) is 16.6. The summed E-state index contributed by atoms with van der Waals surface area (Å²) in [5, 5.41) is 10.9. The van der Waals surface area contributed by atoms with Gasteiger partial charge < -0.3 is 13.9 Å². The van der Waals surface area contributed by atoms with Gasteiger partial charge in [-0.1, -0.05) is 32.6 Å². The van der Waals surface area contributed by atoms with Crippen molar-refractivity contribution in [3.05, 3.63) is 87.9 Å². The summed E-state index contributed by atoms with van der Waals surface area (Å²) in [5.74, 6) is 2.06. The van der Waals surface area contributed by atoms with Gasteiger partial charge in [0.2, 0.25) is 0 Å². The van der Waals surface area contributed by atoms with Crippen LogP contribution in [0.5, 0.6) is 0 Å². The summed E-state index contributed by atoms with van der Waals surface area (Å²) in [6.45, 7) is 10.8. The number of nitriles is 1. The molecule has 0 amide bonds. The topological polar surface area (TPSA) is 93.9 Å². The van der Waals surface area contributed by atoms with E-state index in [-0.39, 0.29) is 17.3 Å². The molecule has 8 rings (SSSR count). The van der Waals surface area contributed by atoms with E-state index in [4.69, 9.17) is 13.8 Å². The van der Waals surface area contributed by atoms with Crippen molar-refractivity contribution in [1.82, 2.24) is 28.6 Å². The molecule has 5 heterocycles. The van der Waals surface area contributed by atoms with Gasteiger partial charge in [0.1, 0.15) is 23.9 Å². The lowest BCUT2D eigenvalue weighted by molar-refractivity contribution is 0.0848. The number of aryl methyl sites for hydroxylation is 1. The number of pyridine rings is 2. The van der Waals surface area contributed by atoms with Crippen molar-refractivity contribution >= 4 is 19.0 Å². The number of ether oxygens (including phenoxy) is 1. The molecule has 4 aromatic heterocycles. The van der Waals surface area contributed by atoms with Crippen LogP contribution in [0.2, 0.25) is 25.7 Å². The van der Waals surface area contributed by atoms with Gasteiger partial charge >= 0.3 is 0 Å². The second kappa shape index (κ2) is 13.9. The van der Waals surface area contributed by atoms with E-state index in [9.17, 15) is 5.26 Å². The second-order valence-corrected chi connectivity index (χ2v) is 22.2. The van der Waals surface area contributed by atoms with Crippen molar-refractivity contribution in [2.24, 2.45) is 12.9 Å². The van der Waals surface area contributed by atoms with Crippen molar-refractivity contribution in [1.29, 1.82) is 5.26 Å². The number of rotatable bonds is 12. The Hall–Kier alpha value is -4.30. The number of imidazole rings is 1. The van der Waals surface area contributed by atoms with Crippen LogP contribution in [0.3, 0.4) is 0 Å². The molecule has 3 fully saturated rings. The average molecular weight is 717 g/mol. The van der Waals surface area contributed by atoms with Crippen LogP contribution in [0.1, 0.15) is 83.9 Å². The van der Waals surface area contributed by atoms with E-state index in [1.807, 2.05) is 24.4 Å². The first kappa shape index (κ1) is 31.2. The molecule has 52 heavy (non-hydrogen) atoms. The number of benzene rings is 1. The van der Waals surface area contributed by atoms with Crippen LogP contribution in [0.15, 0.2) is 59.8 Å². The molecule has 270 valence electrons. The lowest BCUT2D eigenvalue weighted by Crippen LogP contribution is -2.34. The molecule has 0 spiro atoms. The minimum atomic E-state index is -2.46. The minimum absolute atomic E-state index is 0.129. The van der Waals surface area contributed by atoms with E-state index in [0.717, 1.165) is 79.3 Å². The predicted molar refractivity (Wildman–Crippen MR) is 209 cm³/mol. The number of piperidine rings is 1. The highest BCUT2D eigenvalue weighted by Crippen LogP contribution is 2.45. The Morgan fingerprint density at radius 3 is 2.62 bits per heavy atom. The molecule has 1 atom stereocenters. The van der Waals surface area contributed by atoms with Crippen molar-refractivity contribution in [2.75, 3.05) is 19.7 Å². The van der Waals surface area contributed by atoms with Crippen LogP contribution in [-0.2, 0) is 25.0 Å². The first-order chi connectivity index (χ1) is 26.3. The van der Waals surface area contributed by atoms with Crippen molar-refractivity contribution in [3.63, 3.8) is 0 Å². The van der Waals surface area contributed by atoms with Crippen LogP contribution >= 0.6 is 0 Å². The van der Waals surface area contributed by atoms with Gasteiger partial charge in [-0.05, 0) is 110 Å². The maximum absolute atomic E-state index is 15.1. The molecule has 5 aromatic rings. The Bertz CT molecular complexity index is 2340. The third kappa shape index (κ3) is 7.19. The van der Waals surface area contributed by atoms with Gasteiger partial charge in [0.15, 0.2) is 0 Å². The van der Waals surface area contributed by atoms with Crippen LogP contribution in [0.25, 0.3) is 39.2 Å². The zero-order valence-corrected chi connectivity index (χ0v) is 31.9. The molecule has 2 aliphatic carbocycles. The number of fused-ring (bicyclic) bond motifs is 1. The van der Waals surface area contributed by atoms with Gasteiger partial charge in [-0.25, -0.2) is 9.97 Å². The predicted octanol–water partition coefficient (Wildman–Crippen LogP) is 8.43. The van der Waals surface area contributed by atoms with Gasteiger partial charge in [0.25, 0.3) is 5.56 Å². The molecule has 3 aliphatic rings. The summed E-state index contributed by atoms with van der Waals surface area (Å²) in [5.41, 5.74) is 6.14. The first-order valence-corrected chi connectivity index (χ1v) is 22.7. The number of likely N-dealkylation sites (tertiary alicyclic amines) is 1. The SMILES string of the molecule is [2H]C([2H])([2H])n1ccnc1-c1cc(C#N)ccc1-c1cc(C2CC2)nc(-n2cc(C3CC3)c3cc(CN4CCC[C@H](C)C4)n(COCC[Si](C)(C)C)c3c2=O)c1. The van der Waals surface area contributed by atoms with Gasteiger partial charge in [-0.2, -0.15) is 5.26 Å². The highest BCUT2D eigenvalue weighted by Gasteiger charge is 2.31. The Labute approximate surface area is 312 Å². The Morgan fingerprint density at radius 2 is 1.88 bits per heavy atom. The summed E-state index contributed by atoms with van der Waals surface area (Å²) in [6.07, 6.45) is 11.5. The van der Waals surface area contributed by atoms with Crippen molar-refractivity contribution in [2.45, 2.75) is 96.2 Å². The quantitative estimate of drug-likeness (QED) is 0.0951. The molecular formula is C42H51N7O2Si. The van der Waals surface area contributed by atoms with Gasteiger partial charge in [0.05, 0.1) is 11.6 Å². The van der Waals surface area contributed by atoms with E-state index >= 15 is 4.79 Å². The number of hydrogen-bond donors (Lipinski definition) is 0. The summed E-state index contributed by atoms with van der Waals surface area (Å²) in [7, 11) is -1.32. The zero-order chi connectivity index (χ0) is 38.6. The van der Waals surface area contributed by atoms with Crippen molar-refractivity contribution < 1.29 is 8.85 Å². The monoisotopic (exact) mass is 716 g/mol. The summed E-state index contributed by atoms with van der Waals surface area (Å²) in [4.78, 5) is 27.2. The standard InChI is InChI=1S/C42H51N7O2Si/c1-28-7-6-15-47(24-28)25-33-22-35-37(30-9-10-30)26-48(42(50)40(35)49(33)27-51-17-18-52(3,4)5)39-21-32(20-38(45-39)31-11-12-31)34-13-8-29(23-43)19-36(34)41-44-14-16-46(41)2/h8,13-14,16,19-22,26,28,30-31H,6-7,9-12,15,17-18,24-25,27H2,1-5H3/t28-/m0/s1/i2D3. The van der Waals surface area contributed by atoms with E-state index in [1.54, 1.807) is 16.7 Å². The van der Waals surface area contributed by atoms with E-state index in [0.29, 0.717) is 47.6 Å². The molecule has 0 N–H and O–H groups in total. The van der Waals surface area contributed by atoms with Crippen LogP contribution in [-0.4, -0.2) is 56.3 Å². The first-order valence-electron chi connectivity index (χ1n) is 20.5. The third-order valence-electron chi connectivity index (χ3n) is 11.0. The van der Waals surface area contributed by atoms with Gasteiger partial charge in [0, 0.05) is 85.7 Å². The normalized spacial score (nSPS) is 19.4. The maximum Gasteiger partial charge on any atom is 0.280 e. The summed E-state index contributed by atoms with van der Waals surface area (Å²) < 4.78 is 35.9. The van der Waals surface area contributed by atoms with Gasteiger partial charge in [-0.15, -0.1) is 0 Å². The molecule has 2 saturated carbocycles. The molecule has 1 aliphatic heterocycles. The number of aromatic nitrogens is 5. The van der Waals surface area contributed by atoms with Crippen LogP contribution < -0.4 is 5.56 Å². The molecule has 0 unspecified atom stereocenters. The Balaban J connectivity index is 1.29. The summed E-state index contributed by atoms with van der Waals surface area (Å²) >= 11 is 0. The smallest absolute Gasteiger partial charge is 0.280 e. The van der Waals surface area contributed by atoms with E-state index in [2.05, 4.69) is 53.2 Å². The average Bonchev–Trinajstić information content (AvgIpc) is 4.08. The lowest BCUT2D eigenvalue weighted by atomic mass is 9.96. The Kier molecular flexibility index (Phi) is 8.36. The highest BCUT2D eigenvalue weighted by atomic mass is 28.3. The molecule has 0 bridgehead atoms. The molecule has 10 heteroatoms. The van der Waals surface area contributed by atoms with Crippen LogP contribution in [0.4, 0.5) is 0 Å². The lowest BCUT2D eigenvalue weighted by Gasteiger charge is -2.31. The number of hydrogen-bond acceptors (Lipinski definition) is 6. The molecular weight excluding hydrogens is 663 g/mol. The Morgan fingerprint density at radius 1 is 1.06 bits per heavy atom.